The van der Waals surface area contributed by atoms with E-state index in [0.29, 0.717) is 16.5 Å². The van der Waals surface area contributed by atoms with Crippen molar-refractivity contribution in [3.63, 3.8) is 0 Å². The summed E-state index contributed by atoms with van der Waals surface area (Å²) in [4.78, 5) is 17.7. The van der Waals surface area contributed by atoms with Crippen molar-refractivity contribution < 1.29 is 4.79 Å². The first-order chi connectivity index (χ1) is 8.66. The number of anilines is 1. The van der Waals surface area contributed by atoms with Crippen molar-refractivity contribution in [3.8, 4) is 0 Å². The molecule has 2 atom stereocenters. The molecular formula is C13H15N3OS. The lowest BCUT2D eigenvalue weighted by Gasteiger charge is -2.02. The van der Waals surface area contributed by atoms with Crippen LogP contribution >= 0.6 is 11.3 Å². The number of amides is 1. The predicted molar refractivity (Wildman–Crippen MR) is 73.6 cm³/mol. The molecule has 0 bridgehead atoms. The van der Waals surface area contributed by atoms with E-state index < -0.39 is 0 Å². The molecule has 1 fully saturated rings. The molecule has 0 spiro atoms. The fourth-order valence-corrected chi connectivity index (χ4v) is 3.09. The fraction of sp³-hybridized carbons (Fsp3) is 0.385. The normalized spacial score (nSPS) is 22.1. The molecule has 94 valence electrons. The van der Waals surface area contributed by atoms with Crippen molar-refractivity contribution in [1.82, 2.24) is 10.3 Å². The number of nitrogens with one attached hydrogen (secondary N) is 1. The molecule has 0 saturated heterocycles. The molecule has 2 aromatic rings. The Morgan fingerprint density at radius 3 is 3.11 bits per heavy atom. The molecule has 1 aliphatic rings. The Morgan fingerprint density at radius 2 is 2.44 bits per heavy atom. The number of pyridine rings is 1. The number of hydrogen-bond donors (Lipinski definition) is 2. The first kappa shape index (κ1) is 11.5. The van der Waals surface area contributed by atoms with Crippen LogP contribution in [0.2, 0.25) is 0 Å². The lowest BCUT2D eigenvalue weighted by atomic mass is 10.2. The third-order valence-corrected chi connectivity index (χ3v) is 4.64. The van der Waals surface area contributed by atoms with Crippen LogP contribution in [0.5, 0.6) is 0 Å². The van der Waals surface area contributed by atoms with Gasteiger partial charge in [-0.15, -0.1) is 11.3 Å². The molecule has 2 unspecified atom stereocenters. The van der Waals surface area contributed by atoms with Crippen molar-refractivity contribution in [2.24, 2.45) is 11.8 Å². The number of nitrogens with zero attached hydrogens (tertiary/aromatic N) is 1. The van der Waals surface area contributed by atoms with E-state index in [-0.39, 0.29) is 5.91 Å². The van der Waals surface area contributed by atoms with E-state index in [1.165, 1.54) is 17.8 Å². The molecule has 1 amide bonds. The van der Waals surface area contributed by atoms with E-state index in [1.54, 1.807) is 6.20 Å². The second-order valence-corrected chi connectivity index (χ2v) is 5.88. The third-order valence-electron chi connectivity index (χ3n) is 3.51. The van der Waals surface area contributed by atoms with Gasteiger partial charge in [0, 0.05) is 18.1 Å². The van der Waals surface area contributed by atoms with Gasteiger partial charge < -0.3 is 11.1 Å². The summed E-state index contributed by atoms with van der Waals surface area (Å²) in [6.45, 7) is 2.95. The topological polar surface area (TPSA) is 68.0 Å². The van der Waals surface area contributed by atoms with E-state index in [9.17, 15) is 4.79 Å². The van der Waals surface area contributed by atoms with Crippen LogP contribution in [0, 0.1) is 11.8 Å². The monoisotopic (exact) mass is 261 g/mol. The van der Waals surface area contributed by atoms with Crippen molar-refractivity contribution in [2.75, 3.05) is 12.3 Å². The highest BCUT2D eigenvalue weighted by atomic mass is 32.1. The molecule has 5 heteroatoms. The Balaban J connectivity index is 1.80. The van der Waals surface area contributed by atoms with Crippen LogP contribution < -0.4 is 11.1 Å². The molecule has 0 radical (unpaired) electrons. The highest BCUT2D eigenvalue weighted by molar-refractivity contribution is 7.21. The number of aromatic nitrogens is 1. The Labute approximate surface area is 109 Å². The van der Waals surface area contributed by atoms with E-state index in [4.69, 9.17) is 5.73 Å². The van der Waals surface area contributed by atoms with Crippen molar-refractivity contribution in [2.45, 2.75) is 13.3 Å². The van der Waals surface area contributed by atoms with Gasteiger partial charge in [-0.2, -0.15) is 0 Å². The van der Waals surface area contributed by atoms with Crippen LogP contribution in [0.15, 0.2) is 18.3 Å². The quantitative estimate of drug-likeness (QED) is 0.890. The Bertz CT molecular complexity index is 607. The van der Waals surface area contributed by atoms with E-state index in [0.717, 1.165) is 22.7 Å². The molecule has 4 nitrogen and oxygen atoms in total. The highest BCUT2D eigenvalue weighted by Crippen LogP contribution is 2.37. The number of carbonyl (C=O) groups is 1. The molecule has 0 aromatic carbocycles. The summed E-state index contributed by atoms with van der Waals surface area (Å²) < 4.78 is 0. The third kappa shape index (κ3) is 1.95. The van der Waals surface area contributed by atoms with Crippen LogP contribution in [0.25, 0.3) is 10.2 Å². The number of hydrogen-bond acceptors (Lipinski definition) is 4. The number of thiophene rings is 1. The molecule has 2 heterocycles. The summed E-state index contributed by atoms with van der Waals surface area (Å²) in [6, 6.07) is 3.73. The maximum Gasteiger partial charge on any atom is 0.263 e. The average Bonchev–Trinajstić information content (AvgIpc) is 2.98. The summed E-state index contributed by atoms with van der Waals surface area (Å²) in [5.74, 6) is 1.31. The first-order valence-corrected chi connectivity index (χ1v) is 6.89. The molecule has 18 heavy (non-hydrogen) atoms. The van der Waals surface area contributed by atoms with Crippen LogP contribution in [0.1, 0.15) is 23.0 Å². The minimum absolute atomic E-state index is 0.0744. The van der Waals surface area contributed by atoms with E-state index >= 15 is 0 Å². The summed E-state index contributed by atoms with van der Waals surface area (Å²) >= 11 is 1.36. The zero-order valence-corrected chi connectivity index (χ0v) is 11.0. The maximum absolute atomic E-state index is 12.1. The molecular weight excluding hydrogens is 246 g/mol. The number of fused-ring (bicyclic) bond motifs is 1. The lowest BCUT2D eigenvalue weighted by Crippen LogP contribution is -2.25. The highest BCUT2D eigenvalue weighted by Gasteiger charge is 2.32. The van der Waals surface area contributed by atoms with Gasteiger partial charge in [0.15, 0.2) is 0 Å². The van der Waals surface area contributed by atoms with Crippen LogP contribution in [-0.2, 0) is 0 Å². The zero-order valence-electron chi connectivity index (χ0n) is 10.1. The molecule has 1 saturated carbocycles. The largest absolute Gasteiger partial charge is 0.397 e. The average molecular weight is 261 g/mol. The van der Waals surface area contributed by atoms with E-state index in [2.05, 4.69) is 17.2 Å². The maximum atomic E-state index is 12.1. The molecule has 1 aliphatic carbocycles. The predicted octanol–water partition coefficient (Wildman–Crippen LogP) is 2.26. The number of nitrogens with two attached hydrogens (primary N) is 1. The van der Waals surface area contributed by atoms with Gasteiger partial charge in [-0.1, -0.05) is 6.92 Å². The molecule has 2 aromatic heterocycles. The summed E-state index contributed by atoms with van der Waals surface area (Å²) in [5.41, 5.74) is 6.54. The zero-order chi connectivity index (χ0) is 12.7. The number of carbonyl (C=O) groups excluding carboxylic acids is 1. The summed E-state index contributed by atoms with van der Waals surface area (Å²) in [6.07, 6.45) is 2.93. The standard InChI is InChI=1S/C13H15N3OS/c1-7-5-8(7)6-16-12(17)11-10(14)9-3-2-4-15-13(9)18-11/h2-4,7-8H,5-6,14H2,1H3,(H,16,17). The molecule has 3 rings (SSSR count). The van der Waals surface area contributed by atoms with Gasteiger partial charge in [0.2, 0.25) is 0 Å². The van der Waals surface area contributed by atoms with Gasteiger partial charge in [-0.05, 0) is 30.4 Å². The lowest BCUT2D eigenvalue weighted by molar-refractivity contribution is 0.0956. The second-order valence-electron chi connectivity index (χ2n) is 4.88. The Hall–Kier alpha value is -1.62. The van der Waals surface area contributed by atoms with Gasteiger partial charge in [0.1, 0.15) is 9.71 Å². The smallest absolute Gasteiger partial charge is 0.263 e. The van der Waals surface area contributed by atoms with Gasteiger partial charge in [0.05, 0.1) is 5.69 Å². The Kier molecular flexibility index (Phi) is 2.70. The summed E-state index contributed by atoms with van der Waals surface area (Å²) in [5, 5.41) is 3.82. The van der Waals surface area contributed by atoms with Gasteiger partial charge in [0.25, 0.3) is 5.91 Å². The molecule has 0 aliphatic heterocycles. The van der Waals surface area contributed by atoms with Crippen molar-refractivity contribution in [3.05, 3.63) is 23.2 Å². The summed E-state index contributed by atoms with van der Waals surface area (Å²) in [7, 11) is 0. The minimum Gasteiger partial charge on any atom is -0.397 e. The van der Waals surface area contributed by atoms with Gasteiger partial charge in [-0.25, -0.2) is 4.98 Å². The fourth-order valence-electron chi connectivity index (χ4n) is 2.11. The van der Waals surface area contributed by atoms with Crippen LogP contribution in [0.4, 0.5) is 5.69 Å². The van der Waals surface area contributed by atoms with Crippen LogP contribution in [0.3, 0.4) is 0 Å². The van der Waals surface area contributed by atoms with Gasteiger partial charge >= 0.3 is 0 Å². The minimum atomic E-state index is -0.0744. The van der Waals surface area contributed by atoms with E-state index in [1.807, 2.05) is 12.1 Å². The van der Waals surface area contributed by atoms with Crippen LogP contribution in [-0.4, -0.2) is 17.4 Å². The second kappa shape index (κ2) is 4.24. The molecule has 3 N–H and O–H groups in total. The van der Waals surface area contributed by atoms with Crippen molar-refractivity contribution in [1.29, 1.82) is 0 Å². The SMILES string of the molecule is CC1CC1CNC(=O)c1sc2ncccc2c1N. The Morgan fingerprint density at radius 1 is 1.67 bits per heavy atom. The van der Waals surface area contributed by atoms with Crippen molar-refractivity contribution >= 4 is 33.1 Å². The van der Waals surface area contributed by atoms with Gasteiger partial charge in [-0.3, -0.25) is 4.79 Å². The first-order valence-electron chi connectivity index (χ1n) is 6.08. The number of rotatable bonds is 3. The number of nitrogen functional groups attached to an aromatic ring is 1.